The number of amides is 2. The van der Waals surface area contributed by atoms with Crippen molar-refractivity contribution >= 4 is 27.6 Å². The van der Waals surface area contributed by atoms with Crippen molar-refractivity contribution in [2.24, 2.45) is 5.92 Å². The van der Waals surface area contributed by atoms with Crippen LogP contribution in [0.3, 0.4) is 0 Å². The number of carbonyl (C=O) groups excluding carboxylic acids is 1. The number of hydrogen-bond donors (Lipinski definition) is 2. The van der Waals surface area contributed by atoms with E-state index in [1.54, 1.807) is 0 Å². The molecular formula is C14H19BrN2O3. The number of carbonyl (C=O) groups is 1. The quantitative estimate of drug-likeness (QED) is 0.864. The van der Waals surface area contributed by atoms with Gasteiger partial charge in [-0.2, -0.15) is 0 Å². The molecule has 0 aromatic heterocycles. The zero-order valence-corrected chi connectivity index (χ0v) is 13.0. The summed E-state index contributed by atoms with van der Waals surface area (Å²) in [5, 5.41) is 5.68. The first-order chi connectivity index (χ1) is 9.69. The Morgan fingerprint density at radius 1 is 1.55 bits per heavy atom. The van der Waals surface area contributed by atoms with Crippen LogP contribution in [0, 0.1) is 5.92 Å². The summed E-state index contributed by atoms with van der Waals surface area (Å²) in [4.78, 5) is 11.9. The van der Waals surface area contributed by atoms with Crippen molar-refractivity contribution in [2.45, 2.75) is 13.3 Å². The van der Waals surface area contributed by atoms with Gasteiger partial charge < -0.3 is 20.1 Å². The van der Waals surface area contributed by atoms with Crippen LogP contribution in [0.1, 0.15) is 13.3 Å². The van der Waals surface area contributed by atoms with E-state index in [9.17, 15) is 4.79 Å². The third kappa shape index (κ3) is 4.38. The Kier molecular flexibility index (Phi) is 5.67. The zero-order chi connectivity index (χ0) is 14.4. The molecule has 1 aromatic carbocycles. The number of hydrogen-bond acceptors (Lipinski definition) is 3. The third-order valence-corrected chi connectivity index (χ3v) is 3.56. The minimum atomic E-state index is -0.226. The Morgan fingerprint density at radius 3 is 3.10 bits per heavy atom. The number of benzene rings is 1. The molecule has 2 amide bonds. The molecule has 1 aromatic rings. The van der Waals surface area contributed by atoms with E-state index in [-0.39, 0.29) is 6.03 Å². The molecule has 6 heteroatoms. The molecule has 20 heavy (non-hydrogen) atoms. The van der Waals surface area contributed by atoms with E-state index in [4.69, 9.17) is 9.47 Å². The molecule has 1 saturated heterocycles. The minimum Gasteiger partial charge on any atom is -0.492 e. The molecule has 1 aliphatic heterocycles. The van der Waals surface area contributed by atoms with Crippen LogP contribution in [0.5, 0.6) is 5.75 Å². The van der Waals surface area contributed by atoms with E-state index in [1.165, 1.54) is 0 Å². The van der Waals surface area contributed by atoms with Gasteiger partial charge in [0.25, 0.3) is 0 Å². The van der Waals surface area contributed by atoms with Gasteiger partial charge in [-0.25, -0.2) is 4.79 Å². The lowest BCUT2D eigenvalue weighted by Gasteiger charge is -2.14. The molecule has 1 atom stereocenters. The van der Waals surface area contributed by atoms with E-state index >= 15 is 0 Å². The summed E-state index contributed by atoms with van der Waals surface area (Å²) in [5.74, 6) is 1.07. The summed E-state index contributed by atoms with van der Waals surface area (Å²) in [7, 11) is 0. The zero-order valence-electron chi connectivity index (χ0n) is 11.4. The van der Waals surface area contributed by atoms with Crippen molar-refractivity contribution in [2.75, 3.05) is 31.7 Å². The summed E-state index contributed by atoms with van der Waals surface area (Å²) in [6, 6.07) is 5.30. The number of ether oxygens (including phenoxy) is 2. The molecule has 1 heterocycles. The molecule has 0 saturated carbocycles. The Hall–Kier alpha value is -1.27. The van der Waals surface area contributed by atoms with Crippen molar-refractivity contribution in [1.82, 2.24) is 5.32 Å². The predicted molar refractivity (Wildman–Crippen MR) is 81.3 cm³/mol. The maximum atomic E-state index is 11.9. The smallest absolute Gasteiger partial charge is 0.319 e. The van der Waals surface area contributed by atoms with E-state index in [0.717, 1.165) is 24.1 Å². The highest BCUT2D eigenvalue weighted by atomic mass is 79.9. The van der Waals surface area contributed by atoms with Gasteiger partial charge >= 0.3 is 6.03 Å². The van der Waals surface area contributed by atoms with Crippen LogP contribution in [-0.4, -0.2) is 32.4 Å². The number of urea groups is 1. The summed E-state index contributed by atoms with van der Waals surface area (Å²) >= 11 is 3.39. The Labute approximate surface area is 127 Å². The van der Waals surface area contributed by atoms with Crippen molar-refractivity contribution in [1.29, 1.82) is 0 Å². The number of halogens is 1. The van der Waals surface area contributed by atoms with Gasteiger partial charge in [0, 0.05) is 23.5 Å². The highest BCUT2D eigenvalue weighted by Gasteiger charge is 2.16. The van der Waals surface area contributed by atoms with Crippen LogP contribution < -0.4 is 15.4 Å². The topological polar surface area (TPSA) is 59.6 Å². The van der Waals surface area contributed by atoms with Crippen LogP contribution in [0.15, 0.2) is 22.7 Å². The number of nitrogens with one attached hydrogen (secondary N) is 2. The monoisotopic (exact) mass is 342 g/mol. The molecule has 0 spiro atoms. The van der Waals surface area contributed by atoms with Gasteiger partial charge in [0.15, 0.2) is 0 Å². The lowest BCUT2D eigenvalue weighted by atomic mass is 10.1. The van der Waals surface area contributed by atoms with Crippen LogP contribution in [0.4, 0.5) is 10.5 Å². The van der Waals surface area contributed by atoms with E-state index in [0.29, 0.717) is 30.5 Å². The SMILES string of the molecule is CCOc1ccc(Br)cc1NC(=O)NCC1CCOC1. The van der Waals surface area contributed by atoms with Gasteiger partial charge in [-0.05, 0) is 31.5 Å². The van der Waals surface area contributed by atoms with E-state index in [1.807, 2.05) is 25.1 Å². The Bertz CT molecular complexity index is 462. The van der Waals surface area contributed by atoms with Crippen molar-refractivity contribution in [3.05, 3.63) is 22.7 Å². The van der Waals surface area contributed by atoms with Crippen LogP contribution in [0.25, 0.3) is 0 Å². The van der Waals surface area contributed by atoms with Crippen LogP contribution in [0.2, 0.25) is 0 Å². The molecule has 0 radical (unpaired) electrons. The van der Waals surface area contributed by atoms with Crippen LogP contribution in [-0.2, 0) is 4.74 Å². The fourth-order valence-electron chi connectivity index (χ4n) is 2.03. The van der Waals surface area contributed by atoms with Gasteiger partial charge in [-0.1, -0.05) is 15.9 Å². The van der Waals surface area contributed by atoms with Gasteiger partial charge in [0.1, 0.15) is 5.75 Å². The van der Waals surface area contributed by atoms with E-state index < -0.39 is 0 Å². The molecule has 0 aliphatic carbocycles. The third-order valence-electron chi connectivity index (χ3n) is 3.06. The highest BCUT2D eigenvalue weighted by molar-refractivity contribution is 9.10. The minimum absolute atomic E-state index is 0.226. The maximum absolute atomic E-state index is 11.9. The van der Waals surface area contributed by atoms with Gasteiger partial charge in [0.05, 0.1) is 18.9 Å². The molecule has 2 rings (SSSR count). The molecule has 1 fully saturated rings. The summed E-state index contributed by atoms with van der Waals surface area (Å²) < 4.78 is 11.7. The first-order valence-corrected chi connectivity index (χ1v) is 7.53. The molecule has 1 unspecified atom stereocenters. The average molecular weight is 343 g/mol. The second-order valence-electron chi connectivity index (χ2n) is 4.64. The first kappa shape index (κ1) is 15.1. The Morgan fingerprint density at radius 2 is 2.40 bits per heavy atom. The van der Waals surface area contributed by atoms with Gasteiger partial charge in [-0.15, -0.1) is 0 Å². The number of rotatable bonds is 5. The summed E-state index contributed by atoms with van der Waals surface area (Å²) in [6.45, 7) is 4.60. The molecule has 1 aliphatic rings. The summed E-state index contributed by atoms with van der Waals surface area (Å²) in [5.41, 5.74) is 0.654. The van der Waals surface area contributed by atoms with E-state index in [2.05, 4.69) is 26.6 Å². The lowest BCUT2D eigenvalue weighted by Crippen LogP contribution is -2.33. The lowest BCUT2D eigenvalue weighted by molar-refractivity contribution is 0.185. The highest BCUT2D eigenvalue weighted by Crippen LogP contribution is 2.28. The van der Waals surface area contributed by atoms with Gasteiger partial charge in [0.2, 0.25) is 0 Å². The average Bonchev–Trinajstić information content (AvgIpc) is 2.93. The fraction of sp³-hybridized carbons (Fsp3) is 0.500. The molecule has 110 valence electrons. The second kappa shape index (κ2) is 7.50. The Balaban J connectivity index is 1.90. The number of anilines is 1. The van der Waals surface area contributed by atoms with Crippen LogP contribution >= 0.6 is 15.9 Å². The van der Waals surface area contributed by atoms with Crippen molar-refractivity contribution in [3.8, 4) is 5.75 Å². The predicted octanol–water partition coefficient (Wildman–Crippen LogP) is 3.01. The largest absolute Gasteiger partial charge is 0.492 e. The molecule has 0 bridgehead atoms. The molecule has 5 nitrogen and oxygen atoms in total. The summed E-state index contributed by atoms with van der Waals surface area (Å²) in [6.07, 6.45) is 1.00. The maximum Gasteiger partial charge on any atom is 0.319 e. The molecule has 2 N–H and O–H groups in total. The van der Waals surface area contributed by atoms with Crippen molar-refractivity contribution < 1.29 is 14.3 Å². The normalized spacial score (nSPS) is 17.8. The van der Waals surface area contributed by atoms with Gasteiger partial charge in [-0.3, -0.25) is 0 Å². The fourth-order valence-corrected chi connectivity index (χ4v) is 2.39. The standard InChI is InChI=1S/C14H19BrN2O3/c1-2-20-13-4-3-11(15)7-12(13)17-14(18)16-8-10-5-6-19-9-10/h3-4,7,10H,2,5-6,8-9H2,1H3,(H2,16,17,18). The van der Waals surface area contributed by atoms with Crippen molar-refractivity contribution in [3.63, 3.8) is 0 Å². The molecular weight excluding hydrogens is 324 g/mol. The second-order valence-corrected chi connectivity index (χ2v) is 5.55. The first-order valence-electron chi connectivity index (χ1n) is 6.74.